The average molecular weight is 229 g/mol. The molecular weight excluding hydrogens is 210 g/mol. The molecule has 3 atom stereocenters. The summed E-state index contributed by atoms with van der Waals surface area (Å²) in [5.74, 6) is -0.270. The lowest BCUT2D eigenvalue weighted by Gasteiger charge is -2.25. The van der Waals surface area contributed by atoms with E-state index in [1.807, 2.05) is 0 Å². The zero-order valence-corrected chi connectivity index (χ0v) is 9.61. The van der Waals surface area contributed by atoms with E-state index in [9.17, 15) is 4.79 Å². The van der Waals surface area contributed by atoms with Gasteiger partial charge in [-0.15, -0.1) is 0 Å². The Bertz CT molecular complexity index is 265. The van der Waals surface area contributed by atoms with E-state index in [1.165, 1.54) is 0 Å². The van der Waals surface area contributed by atoms with Crippen LogP contribution in [-0.2, 0) is 19.0 Å². The molecule has 92 valence electrons. The first-order chi connectivity index (χ1) is 7.63. The summed E-state index contributed by atoms with van der Waals surface area (Å²) in [7, 11) is 0. The van der Waals surface area contributed by atoms with E-state index in [0.717, 1.165) is 19.4 Å². The van der Waals surface area contributed by atoms with Crippen LogP contribution in [0.2, 0.25) is 0 Å². The van der Waals surface area contributed by atoms with Crippen LogP contribution < -0.4 is 5.73 Å². The van der Waals surface area contributed by atoms with E-state index in [2.05, 4.69) is 0 Å². The highest BCUT2D eigenvalue weighted by atomic mass is 16.6. The summed E-state index contributed by atoms with van der Waals surface area (Å²) in [6.45, 7) is 3.66. The van der Waals surface area contributed by atoms with Crippen molar-refractivity contribution in [3.05, 3.63) is 0 Å². The van der Waals surface area contributed by atoms with Crippen LogP contribution in [0.3, 0.4) is 0 Å². The van der Waals surface area contributed by atoms with E-state index < -0.39 is 5.41 Å². The Morgan fingerprint density at radius 3 is 3.00 bits per heavy atom. The molecule has 16 heavy (non-hydrogen) atoms. The Labute approximate surface area is 95.2 Å². The number of hydrogen-bond acceptors (Lipinski definition) is 5. The molecule has 0 radical (unpaired) electrons. The fourth-order valence-corrected chi connectivity index (χ4v) is 2.01. The topological polar surface area (TPSA) is 70.8 Å². The van der Waals surface area contributed by atoms with Gasteiger partial charge >= 0.3 is 5.97 Å². The summed E-state index contributed by atoms with van der Waals surface area (Å²) < 4.78 is 15.9. The zero-order valence-electron chi connectivity index (χ0n) is 9.61. The predicted octanol–water partition coefficient (Wildman–Crippen LogP) is 0.0724. The molecule has 0 aromatic rings. The number of hydrogen-bond donors (Lipinski definition) is 1. The van der Waals surface area contributed by atoms with Gasteiger partial charge in [0.05, 0.1) is 19.3 Å². The van der Waals surface area contributed by atoms with Gasteiger partial charge in [-0.25, -0.2) is 0 Å². The molecule has 3 unspecified atom stereocenters. The van der Waals surface area contributed by atoms with Crippen molar-refractivity contribution >= 4 is 5.97 Å². The van der Waals surface area contributed by atoms with Crippen molar-refractivity contribution in [2.75, 3.05) is 26.4 Å². The summed E-state index contributed by atoms with van der Waals surface area (Å²) in [5.41, 5.74) is 5.14. The van der Waals surface area contributed by atoms with Gasteiger partial charge in [-0.2, -0.15) is 0 Å². The molecule has 2 aliphatic heterocycles. The molecule has 5 nitrogen and oxygen atoms in total. The third-order valence-corrected chi connectivity index (χ3v) is 3.41. The Hall–Kier alpha value is -0.650. The fourth-order valence-electron chi connectivity index (χ4n) is 2.01. The van der Waals surface area contributed by atoms with Crippen LogP contribution in [0.4, 0.5) is 0 Å². The van der Waals surface area contributed by atoms with Gasteiger partial charge in [-0.3, -0.25) is 4.79 Å². The molecule has 0 aromatic heterocycles. The predicted molar refractivity (Wildman–Crippen MR) is 56.8 cm³/mol. The number of rotatable bonds is 3. The summed E-state index contributed by atoms with van der Waals surface area (Å²) in [6.07, 6.45) is 2.07. The SMILES string of the molecule is CC1(C(=O)OCC2CCCO2)COCC1N. The van der Waals surface area contributed by atoms with Crippen LogP contribution in [0.15, 0.2) is 0 Å². The molecule has 0 aromatic carbocycles. The molecule has 0 amide bonds. The van der Waals surface area contributed by atoms with Gasteiger partial charge in [-0.1, -0.05) is 0 Å². The van der Waals surface area contributed by atoms with Gasteiger partial charge in [0.15, 0.2) is 0 Å². The largest absolute Gasteiger partial charge is 0.462 e. The quantitative estimate of drug-likeness (QED) is 0.694. The van der Waals surface area contributed by atoms with Crippen LogP contribution in [0, 0.1) is 5.41 Å². The Morgan fingerprint density at radius 1 is 1.62 bits per heavy atom. The molecule has 2 aliphatic rings. The fraction of sp³-hybridized carbons (Fsp3) is 0.909. The van der Waals surface area contributed by atoms with Gasteiger partial charge in [0.25, 0.3) is 0 Å². The van der Waals surface area contributed by atoms with Crippen molar-refractivity contribution in [2.24, 2.45) is 11.1 Å². The maximum absolute atomic E-state index is 11.9. The second kappa shape index (κ2) is 4.69. The molecule has 2 rings (SSSR count). The average Bonchev–Trinajstić information content (AvgIpc) is 2.87. The molecular formula is C11H19NO4. The summed E-state index contributed by atoms with van der Waals surface area (Å²) >= 11 is 0. The minimum atomic E-state index is -0.696. The van der Waals surface area contributed by atoms with Crippen LogP contribution in [0.25, 0.3) is 0 Å². The molecule has 0 aliphatic carbocycles. The number of ether oxygens (including phenoxy) is 3. The smallest absolute Gasteiger partial charge is 0.315 e. The van der Waals surface area contributed by atoms with E-state index in [-0.39, 0.29) is 18.1 Å². The third-order valence-electron chi connectivity index (χ3n) is 3.41. The third kappa shape index (κ3) is 2.21. The summed E-state index contributed by atoms with van der Waals surface area (Å²) in [4.78, 5) is 11.9. The van der Waals surface area contributed by atoms with Gasteiger partial charge in [0.2, 0.25) is 0 Å². The summed E-state index contributed by atoms with van der Waals surface area (Å²) in [5, 5.41) is 0. The molecule has 0 saturated carbocycles. The molecule has 0 bridgehead atoms. The molecule has 5 heteroatoms. The second-order valence-electron chi connectivity index (χ2n) is 4.77. The highest BCUT2D eigenvalue weighted by Gasteiger charge is 2.46. The number of carbonyl (C=O) groups is 1. The minimum absolute atomic E-state index is 0.0612. The summed E-state index contributed by atoms with van der Waals surface area (Å²) in [6, 6.07) is -0.274. The van der Waals surface area contributed by atoms with Gasteiger partial charge in [0, 0.05) is 12.6 Å². The van der Waals surface area contributed by atoms with Crippen molar-refractivity contribution in [3.8, 4) is 0 Å². The van der Waals surface area contributed by atoms with Crippen LogP contribution in [0.5, 0.6) is 0 Å². The zero-order chi connectivity index (χ0) is 11.6. The molecule has 2 heterocycles. The maximum Gasteiger partial charge on any atom is 0.315 e. The van der Waals surface area contributed by atoms with E-state index in [4.69, 9.17) is 19.9 Å². The lowest BCUT2D eigenvalue weighted by atomic mass is 9.86. The minimum Gasteiger partial charge on any atom is -0.462 e. The van der Waals surface area contributed by atoms with E-state index in [0.29, 0.717) is 19.8 Å². The van der Waals surface area contributed by atoms with E-state index >= 15 is 0 Å². The molecule has 2 saturated heterocycles. The second-order valence-corrected chi connectivity index (χ2v) is 4.77. The van der Waals surface area contributed by atoms with Gasteiger partial charge < -0.3 is 19.9 Å². The highest BCUT2D eigenvalue weighted by molar-refractivity contribution is 5.78. The Balaban J connectivity index is 1.82. The van der Waals surface area contributed by atoms with Crippen LogP contribution >= 0.6 is 0 Å². The normalized spacial score (nSPS) is 38.9. The first kappa shape index (κ1) is 11.8. The first-order valence-corrected chi connectivity index (χ1v) is 5.75. The number of esters is 1. The van der Waals surface area contributed by atoms with Crippen LogP contribution in [-0.4, -0.2) is 44.5 Å². The first-order valence-electron chi connectivity index (χ1n) is 5.75. The van der Waals surface area contributed by atoms with Crippen molar-refractivity contribution in [1.29, 1.82) is 0 Å². The van der Waals surface area contributed by atoms with Crippen LogP contribution in [0.1, 0.15) is 19.8 Å². The van der Waals surface area contributed by atoms with Crippen molar-refractivity contribution in [2.45, 2.75) is 31.9 Å². The van der Waals surface area contributed by atoms with Gasteiger partial charge in [0.1, 0.15) is 12.0 Å². The molecule has 0 spiro atoms. The van der Waals surface area contributed by atoms with Crippen molar-refractivity contribution in [3.63, 3.8) is 0 Å². The maximum atomic E-state index is 11.9. The number of carbonyl (C=O) groups excluding carboxylic acids is 1. The monoisotopic (exact) mass is 229 g/mol. The lowest BCUT2D eigenvalue weighted by Crippen LogP contribution is -2.45. The number of nitrogens with two attached hydrogens (primary N) is 1. The Morgan fingerprint density at radius 2 is 2.44 bits per heavy atom. The van der Waals surface area contributed by atoms with Crippen molar-refractivity contribution < 1.29 is 19.0 Å². The lowest BCUT2D eigenvalue weighted by molar-refractivity contribution is -0.158. The molecule has 2 fully saturated rings. The highest BCUT2D eigenvalue weighted by Crippen LogP contribution is 2.28. The van der Waals surface area contributed by atoms with E-state index in [1.54, 1.807) is 6.92 Å². The van der Waals surface area contributed by atoms with Gasteiger partial charge in [-0.05, 0) is 19.8 Å². The van der Waals surface area contributed by atoms with Crippen molar-refractivity contribution in [1.82, 2.24) is 0 Å². The standard InChI is InChI=1S/C11H19NO4/c1-11(7-14-6-9(11)12)10(13)16-5-8-3-2-4-15-8/h8-9H,2-7,12H2,1H3. The molecule has 2 N–H and O–H groups in total. The Kier molecular flexibility index (Phi) is 3.47.